The average molecular weight is 416 g/mol. The zero-order valence-corrected chi connectivity index (χ0v) is 17.9. The molecule has 0 radical (unpaired) electrons. The molecule has 2 aromatic heterocycles. The summed E-state index contributed by atoms with van der Waals surface area (Å²) in [6, 6.07) is 14.7. The molecule has 0 bridgehead atoms. The number of benzene rings is 2. The fourth-order valence-electron chi connectivity index (χ4n) is 3.38. The number of aryl methyl sites for hydroxylation is 2. The maximum absolute atomic E-state index is 13.4. The molecule has 0 spiro atoms. The highest BCUT2D eigenvalue weighted by Crippen LogP contribution is 2.33. The fraction of sp³-hybridized carbons (Fsp3) is 0.167. The van der Waals surface area contributed by atoms with Gasteiger partial charge in [-0.1, -0.05) is 35.6 Å². The quantitative estimate of drug-likeness (QED) is 0.412. The van der Waals surface area contributed by atoms with Crippen LogP contribution < -0.4 is 4.90 Å². The number of carbonyl (C=O) groups is 2. The topological polar surface area (TPSA) is 63.2 Å². The number of ketones is 1. The van der Waals surface area contributed by atoms with Crippen molar-refractivity contribution in [1.29, 1.82) is 0 Å². The number of pyridine rings is 1. The van der Waals surface area contributed by atoms with E-state index in [4.69, 9.17) is 4.98 Å². The maximum atomic E-state index is 13.4. The molecule has 2 heterocycles. The van der Waals surface area contributed by atoms with E-state index in [-0.39, 0.29) is 11.7 Å². The number of aromatic nitrogens is 2. The van der Waals surface area contributed by atoms with Gasteiger partial charge < -0.3 is 0 Å². The van der Waals surface area contributed by atoms with Crippen molar-refractivity contribution in [2.75, 3.05) is 4.90 Å². The number of rotatable bonds is 5. The summed E-state index contributed by atoms with van der Waals surface area (Å²) in [5, 5.41) is 0.642. The van der Waals surface area contributed by atoms with E-state index in [1.807, 2.05) is 25.1 Å². The van der Waals surface area contributed by atoms with Crippen molar-refractivity contribution in [2.45, 2.75) is 27.3 Å². The normalized spacial score (nSPS) is 10.9. The summed E-state index contributed by atoms with van der Waals surface area (Å²) in [5.74, 6) is -0.194. The van der Waals surface area contributed by atoms with Gasteiger partial charge in [0.15, 0.2) is 10.9 Å². The highest BCUT2D eigenvalue weighted by Gasteiger charge is 2.22. The van der Waals surface area contributed by atoms with Crippen LogP contribution in [0.25, 0.3) is 10.2 Å². The molecule has 150 valence electrons. The van der Waals surface area contributed by atoms with Crippen LogP contribution in [0, 0.1) is 13.8 Å². The second-order valence-corrected chi connectivity index (χ2v) is 8.29. The monoisotopic (exact) mass is 415 g/mol. The number of hydrogen-bond donors (Lipinski definition) is 0. The van der Waals surface area contributed by atoms with E-state index in [1.165, 1.54) is 18.3 Å². The fourth-order valence-corrected chi connectivity index (χ4v) is 4.40. The largest absolute Gasteiger partial charge is 0.295 e. The highest BCUT2D eigenvalue weighted by atomic mass is 32.1. The molecule has 0 unspecified atom stereocenters. The lowest BCUT2D eigenvalue weighted by atomic mass is 10.1. The van der Waals surface area contributed by atoms with E-state index in [1.54, 1.807) is 41.6 Å². The molecule has 5 nitrogen and oxygen atoms in total. The number of carbonyl (C=O) groups excluding carboxylic acids is 2. The van der Waals surface area contributed by atoms with Crippen LogP contribution in [0.4, 0.5) is 5.13 Å². The van der Waals surface area contributed by atoms with Gasteiger partial charge in [0.1, 0.15) is 0 Å². The Bertz CT molecular complexity index is 1230. The molecular weight excluding hydrogens is 394 g/mol. The van der Waals surface area contributed by atoms with Crippen LogP contribution >= 0.6 is 11.3 Å². The molecule has 0 saturated carbocycles. The van der Waals surface area contributed by atoms with Crippen molar-refractivity contribution < 1.29 is 9.59 Å². The predicted molar refractivity (Wildman–Crippen MR) is 120 cm³/mol. The molecule has 0 aliphatic rings. The molecule has 2 aromatic carbocycles. The second kappa shape index (κ2) is 8.16. The van der Waals surface area contributed by atoms with E-state index >= 15 is 0 Å². The van der Waals surface area contributed by atoms with Gasteiger partial charge in [-0.05, 0) is 61.7 Å². The minimum absolute atomic E-state index is 0.0294. The summed E-state index contributed by atoms with van der Waals surface area (Å²) in [6.45, 7) is 5.97. The number of amides is 1. The third kappa shape index (κ3) is 4.00. The van der Waals surface area contributed by atoms with Gasteiger partial charge in [-0.2, -0.15) is 0 Å². The molecule has 4 aromatic rings. The number of thiazole rings is 1. The van der Waals surface area contributed by atoms with Crippen molar-refractivity contribution in [2.24, 2.45) is 0 Å². The predicted octanol–water partition coefficient (Wildman–Crippen LogP) is 5.36. The summed E-state index contributed by atoms with van der Waals surface area (Å²) >= 11 is 1.51. The van der Waals surface area contributed by atoms with Crippen LogP contribution in [0.3, 0.4) is 0 Å². The third-order valence-corrected chi connectivity index (χ3v) is 6.12. The Hall–Kier alpha value is -3.38. The molecule has 0 aliphatic carbocycles. The van der Waals surface area contributed by atoms with Crippen LogP contribution in [0.5, 0.6) is 0 Å². The van der Waals surface area contributed by atoms with Gasteiger partial charge in [0.25, 0.3) is 5.91 Å². The lowest BCUT2D eigenvalue weighted by Crippen LogP contribution is -2.30. The van der Waals surface area contributed by atoms with Crippen molar-refractivity contribution in [3.05, 3.63) is 88.7 Å². The summed E-state index contributed by atoms with van der Waals surface area (Å²) in [4.78, 5) is 35.6. The van der Waals surface area contributed by atoms with Crippen LogP contribution in [0.1, 0.15) is 44.3 Å². The Morgan fingerprint density at radius 1 is 1.03 bits per heavy atom. The van der Waals surface area contributed by atoms with Gasteiger partial charge in [-0.25, -0.2) is 4.98 Å². The Morgan fingerprint density at radius 3 is 2.43 bits per heavy atom. The minimum Gasteiger partial charge on any atom is -0.295 e. The Balaban J connectivity index is 1.77. The van der Waals surface area contributed by atoms with Crippen LogP contribution in [0.2, 0.25) is 0 Å². The first kappa shape index (κ1) is 19.9. The number of hydrogen-bond acceptors (Lipinski definition) is 5. The van der Waals surface area contributed by atoms with Gasteiger partial charge in [-0.15, -0.1) is 0 Å². The van der Waals surface area contributed by atoms with Gasteiger partial charge in [0.2, 0.25) is 0 Å². The molecule has 6 heteroatoms. The summed E-state index contributed by atoms with van der Waals surface area (Å²) in [7, 11) is 0. The lowest BCUT2D eigenvalue weighted by molar-refractivity contribution is 0.0981. The van der Waals surface area contributed by atoms with Gasteiger partial charge in [-0.3, -0.25) is 19.5 Å². The van der Waals surface area contributed by atoms with E-state index in [2.05, 4.69) is 18.0 Å². The molecule has 0 atom stereocenters. The first-order chi connectivity index (χ1) is 14.4. The van der Waals surface area contributed by atoms with Gasteiger partial charge >= 0.3 is 0 Å². The molecule has 0 aliphatic heterocycles. The Kier molecular flexibility index (Phi) is 5.42. The van der Waals surface area contributed by atoms with E-state index in [9.17, 15) is 9.59 Å². The SMILES string of the molecule is CC(=O)c1ccc(C(=O)N(Cc2cccnc2)c2nc3cc(C)cc(C)c3s2)cc1. The van der Waals surface area contributed by atoms with E-state index < -0.39 is 0 Å². The Morgan fingerprint density at radius 2 is 1.77 bits per heavy atom. The van der Waals surface area contributed by atoms with Crippen LogP contribution in [-0.2, 0) is 6.54 Å². The summed E-state index contributed by atoms with van der Waals surface area (Å²) < 4.78 is 1.08. The first-order valence-electron chi connectivity index (χ1n) is 9.62. The molecule has 4 rings (SSSR count). The summed E-state index contributed by atoms with van der Waals surface area (Å²) in [6.07, 6.45) is 3.46. The molecule has 1 amide bonds. The average Bonchev–Trinajstić information content (AvgIpc) is 3.16. The zero-order valence-electron chi connectivity index (χ0n) is 17.0. The standard InChI is InChI=1S/C24H21N3O2S/c1-15-11-16(2)22-21(12-15)26-24(30-22)27(14-18-5-4-10-25-13-18)23(29)20-8-6-19(7-9-20)17(3)28/h4-13H,14H2,1-3H3. The molecule has 0 fully saturated rings. The van der Waals surface area contributed by atoms with Crippen molar-refractivity contribution in [3.8, 4) is 0 Å². The van der Waals surface area contributed by atoms with Gasteiger partial charge in [0.05, 0.1) is 16.8 Å². The van der Waals surface area contributed by atoms with Crippen LogP contribution in [0.15, 0.2) is 60.9 Å². The molecule has 30 heavy (non-hydrogen) atoms. The third-order valence-electron chi connectivity index (χ3n) is 4.89. The second-order valence-electron chi connectivity index (χ2n) is 7.31. The first-order valence-corrected chi connectivity index (χ1v) is 10.4. The number of fused-ring (bicyclic) bond motifs is 1. The van der Waals surface area contributed by atoms with E-state index in [0.29, 0.717) is 22.8 Å². The number of Topliss-reactive ketones (excluding diaryl/α,β-unsaturated/α-hetero) is 1. The minimum atomic E-state index is -0.164. The maximum Gasteiger partial charge on any atom is 0.260 e. The zero-order chi connectivity index (χ0) is 21.3. The van der Waals surface area contributed by atoms with Gasteiger partial charge in [0, 0.05) is 23.5 Å². The smallest absolute Gasteiger partial charge is 0.260 e. The highest BCUT2D eigenvalue weighted by molar-refractivity contribution is 7.22. The molecular formula is C24H21N3O2S. The van der Waals surface area contributed by atoms with Crippen molar-refractivity contribution in [1.82, 2.24) is 9.97 Å². The number of nitrogens with zero attached hydrogens (tertiary/aromatic N) is 3. The van der Waals surface area contributed by atoms with Crippen LogP contribution in [-0.4, -0.2) is 21.7 Å². The van der Waals surface area contributed by atoms with E-state index in [0.717, 1.165) is 26.9 Å². The molecule has 0 N–H and O–H groups in total. The Labute approximate surface area is 179 Å². The van der Waals surface area contributed by atoms with Crippen molar-refractivity contribution >= 4 is 38.4 Å². The molecule has 0 saturated heterocycles. The van der Waals surface area contributed by atoms with Crippen molar-refractivity contribution in [3.63, 3.8) is 0 Å². The summed E-state index contributed by atoms with van der Waals surface area (Å²) in [5.41, 5.74) is 5.18. The lowest BCUT2D eigenvalue weighted by Gasteiger charge is -2.20. The number of anilines is 1.